The monoisotopic (exact) mass is 298 g/mol. The summed E-state index contributed by atoms with van der Waals surface area (Å²) in [5, 5.41) is 0. The van der Waals surface area contributed by atoms with Crippen molar-refractivity contribution in [2.45, 2.75) is 26.2 Å². The number of aryl methyl sites for hydroxylation is 1. The molecule has 0 amide bonds. The summed E-state index contributed by atoms with van der Waals surface area (Å²) in [6.45, 7) is 4.01. The number of ether oxygens (including phenoxy) is 1. The van der Waals surface area contributed by atoms with Crippen LogP contribution in [0.4, 0.5) is 5.82 Å². The first-order valence-electron chi connectivity index (χ1n) is 7.83. The van der Waals surface area contributed by atoms with Crippen LogP contribution in [0.2, 0.25) is 0 Å². The smallest absolute Gasteiger partial charge is 0.341 e. The van der Waals surface area contributed by atoms with Crippen LogP contribution in [0.3, 0.4) is 0 Å². The molecule has 22 heavy (non-hydrogen) atoms. The Bertz CT molecular complexity index is 655. The van der Waals surface area contributed by atoms with E-state index in [0.29, 0.717) is 5.56 Å². The van der Waals surface area contributed by atoms with Crippen LogP contribution in [0.25, 0.3) is 5.69 Å². The second kappa shape index (κ2) is 6.26. The Morgan fingerprint density at radius 1 is 1.09 bits per heavy atom. The minimum atomic E-state index is -0.265. The van der Waals surface area contributed by atoms with Crippen molar-refractivity contribution in [3.05, 3.63) is 47.7 Å². The number of hydrogen-bond acceptors (Lipinski definition) is 3. The van der Waals surface area contributed by atoms with Crippen LogP contribution in [0.15, 0.2) is 36.4 Å². The Hall–Kier alpha value is -2.23. The lowest BCUT2D eigenvalue weighted by atomic mass is 10.1. The summed E-state index contributed by atoms with van der Waals surface area (Å²) in [4.78, 5) is 14.5. The van der Waals surface area contributed by atoms with E-state index in [2.05, 4.69) is 21.6 Å². The highest BCUT2D eigenvalue weighted by atomic mass is 16.5. The van der Waals surface area contributed by atoms with Crippen molar-refractivity contribution in [1.82, 2.24) is 4.57 Å². The van der Waals surface area contributed by atoms with Gasteiger partial charge in [-0.25, -0.2) is 4.79 Å². The van der Waals surface area contributed by atoms with E-state index in [1.807, 2.05) is 31.2 Å². The molecule has 1 saturated heterocycles. The lowest BCUT2D eigenvalue weighted by molar-refractivity contribution is 0.0601. The molecule has 0 bridgehead atoms. The van der Waals surface area contributed by atoms with Gasteiger partial charge in [-0.1, -0.05) is 18.2 Å². The summed E-state index contributed by atoms with van der Waals surface area (Å²) in [5.41, 5.74) is 2.79. The average Bonchev–Trinajstić information content (AvgIpc) is 2.93. The zero-order valence-corrected chi connectivity index (χ0v) is 13.2. The number of carbonyl (C=O) groups excluding carboxylic acids is 1. The molecule has 0 unspecified atom stereocenters. The third-order valence-electron chi connectivity index (χ3n) is 4.23. The molecule has 2 aromatic rings. The SMILES string of the molecule is COC(=O)c1cc(C)n(-c2ccccc2)c1N1CCCCC1. The molecule has 0 aliphatic carbocycles. The molecule has 0 saturated carbocycles. The highest BCUT2D eigenvalue weighted by Gasteiger charge is 2.25. The number of piperidine rings is 1. The number of rotatable bonds is 3. The number of para-hydroxylation sites is 1. The third-order valence-corrected chi connectivity index (χ3v) is 4.23. The highest BCUT2D eigenvalue weighted by molar-refractivity contribution is 5.96. The van der Waals surface area contributed by atoms with E-state index in [4.69, 9.17) is 4.74 Å². The number of anilines is 1. The van der Waals surface area contributed by atoms with Gasteiger partial charge in [0.05, 0.1) is 7.11 Å². The Balaban J connectivity index is 2.15. The van der Waals surface area contributed by atoms with Gasteiger partial charge in [0, 0.05) is 24.5 Å². The molecular weight excluding hydrogens is 276 g/mol. The molecule has 2 heterocycles. The fourth-order valence-electron chi connectivity index (χ4n) is 3.21. The van der Waals surface area contributed by atoms with E-state index >= 15 is 0 Å². The molecule has 0 atom stereocenters. The average molecular weight is 298 g/mol. The maximum atomic E-state index is 12.2. The predicted molar refractivity (Wildman–Crippen MR) is 87.9 cm³/mol. The van der Waals surface area contributed by atoms with Gasteiger partial charge < -0.3 is 14.2 Å². The van der Waals surface area contributed by atoms with Crippen LogP contribution < -0.4 is 4.90 Å². The Kier molecular flexibility index (Phi) is 4.18. The van der Waals surface area contributed by atoms with E-state index in [1.165, 1.54) is 26.4 Å². The highest BCUT2D eigenvalue weighted by Crippen LogP contribution is 2.31. The predicted octanol–water partition coefficient (Wildman–Crippen LogP) is 3.56. The molecule has 0 radical (unpaired) electrons. The minimum absolute atomic E-state index is 0.265. The topological polar surface area (TPSA) is 34.5 Å². The number of nitrogens with zero attached hydrogens (tertiary/aromatic N) is 2. The molecule has 116 valence electrons. The van der Waals surface area contributed by atoms with Crippen molar-refractivity contribution in [2.75, 3.05) is 25.1 Å². The second-order valence-electron chi connectivity index (χ2n) is 5.73. The summed E-state index contributed by atoms with van der Waals surface area (Å²) in [6, 6.07) is 12.1. The van der Waals surface area contributed by atoms with Gasteiger partial charge in [-0.15, -0.1) is 0 Å². The fraction of sp³-hybridized carbons (Fsp3) is 0.389. The lowest BCUT2D eigenvalue weighted by Crippen LogP contribution is -2.32. The fourth-order valence-corrected chi connectivity index (χ4v) is 3.21. The van der Waals surface area contributed by atoms with E-state index in [0.717, 1.165) is 30.3 Å². The molecule has 0 N–H and O–H groups in total. The van der Waals surface area contributed by atoms with E-state index in [1.54, 1.807) is 0 Å². The lowest BCUT2D eigenvalue weighted by Gasteiger charge is -2.31. The largest absolute Gasteiger partial charge is 0.465 e. The summed E-state index contributed by atoms with van der Waals surface area (Å²) < 4.78 is 7.16. The van der Waals surface area contributed by atoms with Gasteiger partial charge in [0.1, 0.15) is 11.4 Å². The van der Waals surface area contributed by atoms with E-state index in [-0.39, 0.29) is 5.97 Å². The minimum Gasteiger partial charge on any atom is -0.465 e. The summed E-state index contributed by atoms with van der Waals surface area (Å²) in [7, 11) is 1.44. The zero-order chi connectivity index (χ0) is 15.5. The molecule has 1 aromatic carbocycles. The Morgan fingerprint density at radius 2 is 1.77 bits per heavy atom. The van der Waals surface area contributed by atoms with Gasteiger partial charge in [0.25, 0.3) is 0 Å². The first-order valence-corrected chi connectivity index (χ1v) is 7.83. The second-order valence-corrected chi connectivity index (χ2v) is 5.73. The van der Waals surface area contributed by atoms with Gasteiger partial charge in [-0.2, -0.15) is 0 Å². The molecule has 3 rings (SSSR count). The van der Waals surface area contributed by atoms with Crippen molar-refractivity contribution in [3.63, 3.8) is 0 Å². The maximum Gasteiger partial charge on any atom is 0.341 e. The van der Waals surface area contributed by atoms with Crippen molar-refractivity contribution >= 4 is 11.8 Å². The zero-order valence-electron chi connectivity index (χ0n) is 13.2. The first kappa shape index (κ1) is 14.7. The van der Waals surface area contributed by atoms with Crippen LogP contribution in [0.1, 0.15) is 35.3 Å². The Labute approximate surface area is 131 Å². The molecule has 4 nitrogen and oxygen atoms in total. The molecular formula is C18H22N2O2. The first-order chi connectivity index (χ1) is 10.7. The number of aromatic nitrogens is 1. The normalized spacial score (nSPS) is 14.9. The Morgan fingerprint density at radius 3 is 2.41 bits per heavy atom. The molecule has 1 aromatic heterocycles. The third kappa shape index (κ3) is 2.61. The molecule has 4 heteroatoms. The van der Waals surface area contributed by atoms with Gasteiger partial charge in [0.2, 0.25) is 0 Å². The number of carbonyl (C=O) groups is 1. The van der Waals surface area contributed by atoms with Crippen molar-refractivity contribution in [1.29, 1.82) is 0 Å². The summed E-state index contributed by atoms with van der Waals surface area (Å²) >= 11 is 0. The number of esters is 1. The summed E-state index contributed by atoms with van der Waals surface area (Å²) in [6.07, 6.45) is 3.59. The van der Waals surface area contributed by atoms with Crippen LogP contribution in [-0.2, 0) is 4.74 Å². The van der Waals surface area contributed by atoms with Gasteiger partial charge >= 0.3 is 5.97 Å². The van der Waals surface area contributed by atoms with E-state index < -0.39 is 0 Å². The quantitative estimate of drug-likeness (QED) is 0.813. The number of methoxy groups -OCH3 is 1. The summed E-state index contributed by atoms with van der Waals surface area (Å²) in [5.74, 6) is 0.702. The van der Waals surface area contributed by atoms with Crippen LogP contribution in [0, 0.1) is 6.92 Å². The van der Waals surface area contributed by atoms with Crippen molar-refractivity contribution < 1.29 is 9.53 Å². The van der Waals surface area contributed by atoms with Crippen molar-refractivity contribution in [3.8, 4) is 5.69 Å². The molecule has 1 aliphatic rings. The van der Waals surface area contributed by atoms with Gasteiger partial charge in [-0.3, -0.25) is 0 Å². The van der Waals surface area contributed by atoms with Crippen LogP contribution >= 0.6 is 0 Å². The van der Waals surface area contributed by atoms with Gasteiger partial charge in [-0.05, 0) is 44.4 Å². The standard InChI is InChI=1S/C18H22N2O2/c1-14-13-16(18(21)22-2)17(19-11-7-4-8-12-19)20(14)15-9-5-3-6-10-15/h3,5-6,9-10,13H,4,7-8,11-12H2,1-2H3. The number of hydrogen-bond donors (Lipinski definition) is 0. The van der Waals surface area contributed by atoms with Gasteiger partial charge in [0.15, 0.2) is 0 Å². The van der Waals surface area contributed by atoms with Crippen LogP contribution in [0.5, 0.6) is 0 Å². The van der Waals surface area contributed by atoms with Crippen molar-refractivity contribution in [2.24, 2.45) is 0 Å². The molecule has 0 spiro atoms. The van der Waals surface area contributed by atoms with E-state index in [9.17, 15) is 4.79 Å². The molecule has 1 fully saturated rings. The maximum absolute atomic E-state index is 12.2. The molecule has 1 aliphatic heterocycles. The number of benzene rings is 1. The van der Waals surface area contributed by atoms with Crippen LogP contribution in [-0.4, -0.2) is 30.7 Å².